The number of nitrogens with two attached hydrogens (primary N) is 1. The van der Waals surface area contributed by atoms with Crippen LogP contribution < -0.4 is 25.2 Å². The maximum atomic E-state index is 12.1. The van der Waals surface area contributed by atoms with Crippen molar-refractivity contribution in [2.75, 3.05) is 48.9 Å². The number of nitrogen functional groups attached to an aromatic ring is 1. The van der Waals surface area contributed by atoms with E-state index in [9.17, 15) is 4.79 Å². The van der Waals surface area contributed by atoms with Crippen LogP contribution in [-0.4, -0.2) is 44.3 Å². The van der Waals surface area contributed by atoms with Gasteiger partial charge in [-0.25, -0.2) is 0 Å². The van der Waals surface area contributed by atoms with Gasteiger partial charge >= 0.3 is 11.6 Å². The molecule has 0 radical (unpaired) electrons. The van der Waals surface area contributed by atoms with Crippen molar-refractivity contribution >= 4 is 17.4 Å². The minimum absolute atomic E-state index is 0.0639. The van der Waals surface area contributed by atoms with Gasteiger partial charge in [0.2, 0.25) is 11.1 Å². The third-order valence-corrected chi connectivity index (χ3v) is 4.18. The quantitative estimate of drug-likeness (QED) is 0.633. The molecule has 0 atom stereocenters. The van der Waals surface area contributed by atoms with Crippen molar-refractivity contribution in [1.29, 1.82) is 0 Å². The average molecular weight is 332 g/mol. The van der Waals surface area contributed by atoms with Gasteiger partial charge in [0.15, 0.2) is 0 Å². The minimum atomic E-state index is -0.0825. The number of nitrogens with zero attached hydrogens (tertiary/aromatic N) is 4. The summed E-state index contributed by atoms with van der Waals surface area (Å²) in [4.78, 5) is 15.8. The first-order valence-electron chi connectivity index (χ1n) is 7.99. The summed E-state index contributed by atoms with van der Waals surface area (Å²) in [7, 11) is 1.67. The lowest BCUT2D eigenvalue weighted by Crippen LogP contribution is -2.67. The number of benzene rings is 1. The highest BCUT2D eigenvalue weighted by atomic mass is 16.5. The third-order valence-electron chi connectivity index (χ3n) is 4.18. The van der Waals surface area contributed by atoms with Crippen LogP contribution in [0.3, 0.4) is 0 Å². The molecule has 0 aliphatic carbocycles. The summed E-state index contributed by atoms with van der Waals surface area (Å²) in [6.45, 7) is 4.73. The number of ketones is 1. The Morgan fingerprint density at radius 1 is 1.33 bits per heavy atom. The molecule has 128 valence electrons. The Kier molecular flexibility index (Phi) is 4.54. The lowest BCUT2D eigenvalue weighted by atomic mass is 10.2. The van der Waals surface area contributed by atoms with Gasteiger partial charge in [-0.2, -0.15) is 0 Å². The molecule has 8 heteroatoms. The Morgan fingerprint density at radius 3 is 2.71 bits per heavy atom. The molecular formula is C16H22N5O3+. The first-order valence-corrected chi connectivity index (χ1v) is 7.99. The molecule has 1 aromatic carbocycles. The number of rotatable bonds is 5. The number of Topliss-reactive ketones (excluding diaryl/α,β-unsaturated/α-hetero) is 1. The van der Waals surface area contributed by atoms with Crippen LogP contribution in [0.2, 0.25) is 0 Å². The number of carbonyl (C=O) groups excluding carboxylic acids is 1. The highest BCUT2D eigenvalue weighted by molar-refractivity contribution is 5.95. The summed E-state index contributed by atoms with van der Waals surface area (Å²) in [5.41, 5.74) is 7.14. The SMILES string of the molecule is CCC(=O)c1c(N)on[n+]1N1CCN(c2ccccc2OC)CC1. The second-order valence-corrected chi connectivity index (χ2v) is 5.56. The third kappa shape index (κ3) is 2.86. The number of hydrogen-bond donors (Lipinski definition) is 1. The number of anilines is 2. The van der Waals surface area contributed by atoms with E-state index in [0.717, 1.165) is 24.5 Å². The summed E-state index contributed by atoms with van der Waals surface area (Å²) in [6.07, 6.45) is 0.354. The molecule has 0 spiro atoms. The summed E-state index contributed by atoms with van der Waals surface area (Å²) >= 11 is 0. The molecule has 2 aromatic rings. The maximum absolute atomic E-state index is 12.1. The number of carbonyl (C=O) groups is 1. The fourth-order valence-electron chi connectivity index (χ4n) is 2.89. The predicted molar refractivity (Wildman–Crippen MR) is 88.9 cm³/mol. The van der Waals surface area contributed by atoms with Crippen molar-refractivity contribution in [3.05, 3.63) is 30.0 Å². The van der Waals surface area contributed by atoms with Crippen molar-refractivity contribution in [1.82, 2.24) is 5.27 Å². The van der Waals surface area contributed by atoms with Crippen molar-refractivity contribution < 1.29 is 18.8 Å². The Balaban J connectivity index is 1.75. The Labute approximate surface area is 140 Å². The van der Waals surface area contributed by atoms with Gasteiger partial charge in [0.25, 0.3) is 0 Å². The number of ether oxygens (including phenoxy) is 1. The molecule has 1 aliphatic rings. The number of hydrogen-bond acceptors (Lipinski definition) is 7. The van der Waals surface area contributed by atoms with Crippen LogP contribution in [0.5, 0.6) is 5.75 Å². The summed E-state index contributed by atoms with van der Waals surface area (Å²) in [5, 5.41) is 5.89. The van der Waals surface area contributed by atoms with Gasteiger partial charge in [-0.05, 0) is 12.1 Å². The summed E-state index contributed by atoms with van der Waals surface area (Å²) in [5.74, 6) is 0.834. The zero-order valence-corrected chi connectivity index (χ0v) is 13.9. The highest BCUT2D eigenvalue weighted by Crippen LogP contribution is 2.28. The van der Waals surface area contributed by atoms with Crippen LogP contribution in [0, 0.1) is 0 Å². The summed E-state index contributed by atoms with van der Waals surface area (Å²) < 4.78 is 10.4. The van der Waals surface area contributed by atoms with E-state index in [-0.39, 0.29) is 11.7 Å². The van der Waals surface area contributed by atoms with E-state index in [1.54, 1.807) is 14.0 Å². The number of para-hydroxylation sites is 2. The van der Waals surface area contributed by atoms with Crippen LogP contribution in [-0.2, 0) is 0 Å². The molecule has 0 bridgehead atoms. The monoisotopic (exact) mass is 332 g/mol. The second-order valence-electron chi connectivity index (χ2n) is 5.56. The smallest absolute Gasteiger partial charge is 0.373 e. The van der Waals surface area contributed by atoms with Gasteiger partial charge in [0, 0.05) is 19.5 Å². The van der Waals surface area contributed by atoms with E-state index in [2.05, 4.69) is 10.2 Å². The van der Waals surface area contributed by atoms with Crippen molar-refractivity contribution in [2.24, 2.45) is 0 Å². The van der Waals surface area contributed by atoms with Crippen LogP contribution in [0.4, 0.5) is 11.6 Å². The van der Waals surface area contributed by atoms with E-state index in [1.165, 1.54) is 4.79 Å². The molecule has 0 saturated carbocycles. The molecule has 3 rings (SSSR count). The van der Waals surface area contributed by atoms with Gasteiger partial charge in [-0.15, -0.1) is 5.01 Å². The topological polar surface area (TPSA) is 88.7 Å². The molecule has 1 fully saturated rings. The van der Waals surface area contributed by atoms with E-state index in [1.807, 2.05) is 29.3 Å². The average Bonchev–Trinajstić information content (AvgIpc) is 3.02. The molecule has 24 heavy (non-hydrogen) atoms. The second kappa shape index (κ2) is 6.77. The van der Waals surface area contributed by atoms with E-state index in [0.29, 0.717) is 25.2 Å². The minimum Gasteiger partial charge on any atom is -0.495 e. The molecule has 0 unspecified atom stereocenters. The fraction of sp³-hybridized carbons (Fsp3) is 0.438. The van der Waals surface area contributed by atoms with Crippen LogP contribution in [0.25, 0.3) is 0 Å². The van der Waals surface area contributed by atoms with Crippen LogP contribution >= 0.6 is 0 Å². The van der Waals surface area contributed by atoms with Gasteiger partial charge in [-0.3, -0.25) is 9.32 Å². The highest BCUT2D eigenvalue weighted by Gasteiger charge is 2.35. The van der Waals surface area contributed by atoms with Crippen LogP contribution in [0.15, 0.2) is 28.8 Å². The Morgan fingerprint density at radius 2 is 2.04 bits per heavy atom. The van der Waals surface area contributed by atoms with Crippen LogP contribution in [0.1, 0.15) is 23.8 Å². The maximum Gasteiger partial charge on any atom is 0.373 e. The zero-order valence-electron chi connectivity index (χ0n) is 13.9. The number of aromatic nitrogens is 2. The largest absolute Gasteiger partial charge is 0.495 e. The zero-order chi connectivity index (χ0) is 17.1. The lowest BCUT2D eigenvalue weighted by Gasteiger charge is -2.32. The molecule has 1 aliphatic heterocycles. The molecule has 8 nitrogen and oxygen atoms in total. The van der Waals surface area contributed by atoms with E-state index < -0.39 is 0 Å². The lowest BCUT2D eigenvalue weighted by molar-refractivity contribution is -0.760. The molecule has 2 heterocycles. The normalized spacial score (nSPS) is 14.8. The van der Waals surface area contributed by atoms with Crippen molar-refractivity contribution in [3.63, 3.8) is 0 Å². The van der Waals surface area contributed by atoms with Crippen molar-refractivity contribution in [2.45, 2.75) is 13.3 Å². The molecule has 0 amide bonds. The molecule has 1 saturated heterocycles. The first kappa shape index (κ1) is 16.1. The fourth-order valence-corrected chi connectivity index (χ4v) is 2.89. The Hall–Kier alpha value is -2.77. The van der Waals surface area contributed by atoms with Gasteiger partial charge in [0.1, 0.15) is 5.75 Å². The van der Waals surface area contributed by atoms with Crippen molar-refractivity contribution in [3.8, 4) is 5.75 Å². The predicted octanol–water partition coefficient (Wildman–Crippen LogP) is 0.604. The standard InChI is InChI=1S/C16H21N5O3/c1-3-13(22)15-16(17)24-18-21(15)20-10-8-19(9-11-20)12-6-4-5-7-14(12)23-2/h4-7H,3,8-11H2,1-2H3,(H-,17,18,22)/p+1. The van der Waals surface area contributed by atoms with Gasteiger partial charge < -0.3 is 15.4 Å². The molecular weight excluding hydrogens is 310 g/mol. The molecule has 1 aromatic heterocycles. The summed E-state index contributed by atoms with van der Waals surface area (Å²) in [6, 6.07) is 7.94. The van der Waals surface area contributed by atoms with E-state index in [4.69, 9.17) is 15.0 Å². The van der Waals surface area contributed by atoms with E-state index >= 15 is 0 Å². The number of piperazine rings is 1. The first-order chi connectivity index (χ1) is 11.7. The van der Waals surface area contributed by atoms with Gasteiger partial charge in [0.05, 0.1) is 30.7 Å². The number of methoxy groups -OCH3 is 1. The molecule has 2 N–H and O–H groups in total. The van der Waals surface area contributed by atoms with Gasteiger partial charge in [-0.1, -0.05) is 19.1 Å². The Bertz CT molecular complexity index is 722.